The molecule has 0 radical (unpaired) electrons. The number of rotatable bonds is 4. The van der Waals surface area contributed by atoms with Crippen LogP contribution in [-0.4, -0.2) is 23.8 Å². The molecule has 5 heteroatoms. The van der Waals surface area contributed by atoms with E-state index in [0.29, 0.717) is 18.4 Å². The van der Waals surface area contributed by atoms with Gasteiger partial charge in [-0.25, -0.2) is 0 Å². The van der Waals surface area contributed by atoms with Gasteiger partial charge in [-0.15, -0.1) is 0 Å². The van der Waals surface area contributed by atoms with Gasteiger partial charge in [0, 0.05) is 19.6 Å². The van der Waals surface area contributed by atoms with Crippen LogP contribution in [0.1, 0.15) is 49.4 Å². The van der Waals surface area contributed by atoms with Crippen LogP contribution >= 0.6 is 0 Å². The van der Waals surface area contributed by atoms with Crippen LogP contribution in [-0.2, 0) is 4.74 Å². The molecule has 1 unspecified atom stereocenters. The Bertz CT molecular complexity index is 287. The van der Waals surface area contributed by atoms with Crippen LogP contribution in [0.5, 0.6) is 0 Å². The standard InChI is InChI=1S/C10H17N3O2/c1-14-8(6-11)10-12-9(13-15-10)7-4-2-3-5-7/h7-8H,2-6,11H2,1H3. The molecule has 0 aliphatic heterocycles. The first-order valence-electron chi connectivity index (χ1n) is 5.41. The summed E-state index contributed by atoms with van der Waals surface area (Å²) in [5, 5.41) is 3.99. The van der Waals surface area contributed by atoms with Crippen LogP contribution in [0.25, 0.3) is 0 Å². The molecule has 1 heterocycles. The number of nitrogens with zero attached hydrogens (tertiary/aromatic N) is 2. The van der Waals surface area contributed by atoms with E-state index in [1.165, 1.54) is 25.7 Å². The van der Waals surface area contributed by atoms with E-state index in [4.69, 9.17) is 15.0 Å². The molecule has 1 saturated carbocycles. The number of hydrogen-bond donors (Lipinski definition) is 1. The molecule has 1 fully saturated rings. The number of methoxy groups -OCH3 is 1. The Morgan fingerprint density at radius 3 is 2.87 bits per heavy atom. The zero-order chi connectivity index (χ0) is 10.7. The Hall–Kier alpha value is -0.940. The first-order valence-corrected chi connectivity index (χ1v) is 5.41. The Morgan fingerprint density at radius 2 is 2.27 bits per heavy atom. The zero-order valence-corrected chi connectivity index (χ0v) is 8.98. The van der Waals surface area contributed by atoms with Crippen molar-refractivity contribution in [3.05, 3.63) is 11.7 Å². The first-order chi connectivity index (χ1) is 7.35. The monoisotopic (exact) mass is 211 g/mol. The number of hydrogen-bond acceptors (Lipinski definition) is 5. The lowest BCUT2D eigenvalue weighted by atomic mass is 10.1. The quantitative estimate of drug-likeness (QED) is 0.814. The summed E-state index contributed by atoms with van der Waals surface area (Å²) in [6, 6.07) is 0. The van der Waals surface area contributed by atoms with Crippen molar-refractivity contribution in [1.82, 2.24) is 10.1 Å². The molecule has 1 aromatic heterocycles. The van der Waals surface area contributed by atoms with Crippen LogP contribution in [0, 0.1) is 0 Å². The van der Waals surface area contributed by atoms with Gasteiger partial charge in [0.05, 0.1) is 0 Å². The molecular formula is C10H17N3O2. The Kier molecular flexibility index (Phi) is 3.33. The fourth-order valence-corrected chi connectivity index (χ4v) is 2.03. The highest BCUT2D eigenvalue weighted by Gasteiger charge is 2.24. The summed E-state index contributed by atoms with van der Waals surface area (Å²) in [5.74, 6) is 1.79. The van der Waals surface area contributed by atoms with Gasteiger partial charge in [0.2, 0.25) is 0 Å². The Morgan fingerprint density at radius 1 is 1.53 bits per heavy atom. The minimum absolute atomic E-state index is 0.271. The summed E-state index contributed by atoms with van der Waals surface area (Å²) in [6.07, 6.45) is 4.59. The molecule has 0 bridgehead atoms. The van der Waals surface area contributed by atoms with Gasteiger partial charge in [-0.2, -0.15) is 4.98 Å². The normalized spacial score (nSPS) is 19.6. The van der Waals surface area contributed by atoms with Gasteiger partial charge >= 0.3 is 0 Å². The van der Waals surface area contributed by atoms with E-state index >= 15 is 0 Å². The summed E-state index contributed by atoms with van der Waals surface area (Å²) >= 11 is 0. The highest BCUT2D eigenvalue weighted by Crippen LogP contribution is 2.32. The molecule has 2 rings (SSSR count). The molecule has 0 saturated heterocycles. The molecule has 2 N–H and O–H groups in total. The van der Waals surface area contributed by atoms with E-state index in [9.17, 15) is 0 Å². The number of nitrogens with two attached hydrogens (primary N) is 1. The maximum atomic E-state index is 5.53. The summed E-state index contributed by atoms with van der Waals surface area (Å²) in [4.78, 5) is 4.35. The summed E-state index contributed by atoms with van der Waals surface area (Å²) in [7, 11) is 1.59. The molecule has 1 aromatic rings. The van der Waals surface area contributed by atoms with Gasteiger partial charge in [0.1, 0.15) is 6.10 Å². The van der Waals surface area contributed by atoms with Crippen molar-refractivity contribution in [1.29, 1.82) is 0 Å². The summed E-state index contributed by atoms with van der Waals surface area (Å²) < 4.78 is 10.3. The lowest BCUT2D eigenvalue weighted by Crippen LogP contribution is -2.14. The highest BCUT2D eigenvalue weighted by atomic mass is 16.5. The molecule has 1 aliphatic carbocycles. The fraction of sp³-hybridized carbons (Fsp3) is 0.800. The third-order valence-corrected chi connectivity index (χ3v) is 2.95. The molecule has 84 valence electrons. The predicted octanol–water partition coefficient (Wildman–Crippen LogP) is 1.37. The molecular weight excluding hydrogens is 194 g/mol. The van der Waals surface area contributed by atoms with Crippen LogP contribution < -0.4 is 5.73 Å². The third-order valence-electron chi connectivity index (χ3n) is 2.95. The lowest BCUT2D eigenvalue weighted by molar-refractivity contribution is 0.0803. The van der Waals surface area contributed by atoms with E-state index in [-0.39, 0.29) is 6.10 Å². The molecule has 0 amide bonds. The summed E-state index contributed by atoms with van der Waals surface area (Å²) in [5.41, 5.74) is 5.53. The van der Waals surface area contributed by atoms with E-state index in [1.54, 1.807) is 7.11 Å². The predicted molar refractivity (Wildman–Crippen MR) is 54.3 cm³/mol. The molecule has 1 atom stereocenters. The number of ether oxygens (including phenoxy) is 1. The fourth-order valence-electron chi connectivity index (χ4n) is 2.03. The van der Waals surface area contributed by atoms with Crippen molar-refractivity contribution in [2.45, 2.75) is 37.7 Å². The second-order valence-corrected chi connectivity index (χ2v) is 3.93. The third kappa shape index (κ3) is 2.18. The Labute approximate surface area is 89.0 Å². The lowest BCUT2D eigenvalue weighted by Gasteiger charge is -2.06. The topological polar surface area (TPSA) is 74.2 Å². The van der Waals surface area contributed by atoms with E-state index in [1.807, 2.05) is 0 Å². The van der Waals surface area contributed by atoms with Crippen LogP contribution in [0.15, 0.2) is 4.52 Å². The average molecular weight is 211 g/mol. The Balaban J connectivity index is 2.08. The van der Waals surface area contributed by atoms with Crippen LogP contribution in [0.3, 0.4) is 0 Å². The molecule has 0 spiro atoms. The van der Waals surface area contributed by atoms with Crippen LogP contribution in [0.4, 0.5) is 0 Å². The molecule has 5 nitrogen and oxygen atoms in total. The highest BCUT2D eigenvalue weighted by molar-refractivity contribution is 4.99. The minimum Gasteiger partial charge on any atom is -0.370 e. The second-order valence-electron chi connectivity index (χ2n) is 3.93. The van der Waals surface area contributed by atoms with Gasteiger partial charge in [0.15, 0.2) is 5.82 Å². The smallest absolute Gasteiger partial charge is 0.257 e. The summed E-state index contributed by atoms with van der Waals surface area (Å²) in [6.45, 7) is 0.364. The van der Waals surface area contributed by atoms with Gasteiger partial charge < -0.3 is 15.0 Å². The van der Waals surface area contributed by atoms with Gasteiger partial charge in [-0.3, -0.25) is 0 Å². The van der Waals surface area contributed by atoms with Crippen molar-refractivity contribution in [3.63, 3.8) is 0 Å². The molecule has 15 heavy (non-hydrogen) atoms. The first kappa shape index (κ1) is 10.6. The van der Waals surface area contributed by atoms with E-state index < -0.39 is 0 Å². The molecule has 1 aliphatic rings. The SMILES string of the molecule is COC(CN)c1nc(C2CCCC2)no1. The van der Waals surface area contributed by atoms with E-state index in [0.717, 1.165) is 5.82 Å². The molecule has 0 aromatic carbocycles. The number of aromatic nitrogens is 2. The van der Waals surface area contributed by atoms with Gasteiger partial charge in [-0.1, -0.05) is 18.0 Å². The maximum Gasteiger partial charge on any atom is 0.257 e. The van der Waals surface area contributed by atoms with Crippen molar-refractivity contribution in [3.8, 4) is 0 Å². The van der Waals surface area contributed by atoms with Crippen molar-refractivity contribution < 1.29 is 9.26 Å². The average Bonchev–Trinajstić information content (AvgIpc) is 2.89. The van der Waals surface area contributed by atoms with Gasteiger partial charge in [0.25, 0.3) is 5.89 Å². The second kappa shape index (κ2) is 4.72. The van der Waals surface area contributed by atoms with Crippen LogP contribution in [0.2, 0.25) is 0 Å². The van der Waals surface area contributed by atoms with E-state index in [2.05, 4.69) is 10.1 Å². The van der Waals surface area contributed by atoms with Crippen molar-refractivity contribution in [2.75, 3.05) is 13.7 Å². The van der Waals surface area contributed by atoms with Crippen molar-refractivity contribution in [2.24, 2.45) is 5.73 Å². The largest absolute Gasteiger partial charge is 0.370 e. The van der Waals surface area contributed by atoms with Gasteiger partial charge in [-0.05, 0) is 12.8 Å². The van der Waals surface area contributed by atoms with Crippen molar-refractivity contribution >= 4 is 0 Å². The zero-order valence-electron chi connectivity index (χ0n) is 8.98. The minimum atomic E-state index is -0.271. The maximum absolute atomic E-state index is 5.53.